The van der Waals surface area contributed by atoms with Crippen molar-refractivity contribution >= 4 is 22.8 Å². The van der Waals surface area contributed by atoms with E-state index < -0.39 is 0 Å². The molecule has 0 atom stereocenters. The maximum Gasteiger partial charge on any atom is 0.308 e. The van der Waals surface area contributed by atoms with Crippen LogP contribution in [0.2, 0.25) is 0 Å². The molecule has 0 spiro atoms. The van der Waals surface area contributed by atoms with Gasteiger partial charge in [-0.15, -0.1) is 0 Å². The number of esters is 2. The zero-order chi connectivity index (χ0) is 19.1. The van der Waals surface area contributed by atoms with E-state index in [-0.39, 0.29) is 11.9 Å². The average molecular weight is 363 g/mol. The molecule has 3 aromatic rings. The highest BCUT2D eigenvalue weighted by Crippen LogP contribution is 2.42. The lowest BCUT2D eigenvalue weighted by atomic mass is 9.88. The second-order valence-corrected chi connectivity index (χ2v) is 6.76. The van der Waals surface area contributed by atoms with Crippen molar-refractivity contribution in [3.05, 3.63) is 47.5 Å². The van der Waals surface area contributed by atoms with Gasteiger partial charge in [0.2, 0.25) is 0 Å². The Hall–Kier alpha value is -3.08. The summed E-state index contributed by atoms with van der Waals surface area (Å²) in [7, 11) is 0. The summed E-state index contributed by atoms with van der Waals surface area (Å²) in [5, 5.41) is 1.13. The summed E-state index contributed by atoms with van der Waals surface area (Å²) in [6.07, 6.45) is 1.76. The van der Waals surface area contributed by atoms with Crippen molar-refractivity contribution in [3.63, 3.8) is 0 Å². The first kappa shape index (κ1) is 17.3. The van der Waals surface area contributed by atoms with Gasteiger partial charge in [0.25, 0.3) is 0 Å². The fraction of sp³-hybridized carbons (Fsp3) is 0.273. The van der Waals surface area contributed by atoms with Gasteiger partial charge >= 0.3 is 11.9 Å². The van der Waals surface area contributed by atoms with E-state index in [9.17, 15) is 9.59 Å². The van der Waals surface area contributed by atoms with Gasteiger partial charge in [0.1, 0.15) is 11.5 Å². The molecule has 2 aromatic carbocycles. The van der Waals surface area contributed by atoms with Crippen LogP contribution in [0.3, 0.4) is 0 Å². The zero-order valence-electron chi connectivity index (χ0n) is 15.7. The van der Waals surface area contributed by atoms with E-state index in [0.29, 0.717) is 11.5 Å². The van der Waals surface area contributed by atoms with Crippen LogP contribution in [-0.2, 0) is 29.0 Å². The Morgan fingerprint density at radius 3 is 2.30 bits per heavy atom. The third kappa shape index (κ3) is 2.99. The molecule has 27 heavy (non-hydrogen) atoms. The number of fused-ring (bicyclic) bond motifs is 5. The lowest BCUT2D eigenvalue weighted by Gasteiger charge is -2.20. The molecule has 1 aromatic heterocycles. The van der Waals surface area contributed by atoms with Crippen molar-refractivity contribution < 1.29 is 19.1 Å². The molecule has 4 rings (SSSR count). The van der Waals surface area contributed by atoms with Crippen LogP contribution < -0.4 is 9.47 Å². The Labute approximate surface area is 157 Å². The van der Waals surface area contributed by atoms with Crippen LogP contribution in [-0.4, -0.2) is 16.5 Å². The Kier molecular flexibility index (Phi) is 4.22. The number of carbonyl (C=O) groups excluding carboxylic acids is 2. The molecular weight excluding hydrogens is 342 g/mol. The molecule has 0 unspecified atom stereocenters. The molecule has 138 valence electrons. The lowest BCUT2D eigenvalue weighted by molar-refractivity contribution is -0.132. The standard InChI is InChI=1S/C22H21NO4/c1-4-23-21-10-7-17(27-14(3)25)12-20(21)19-8-5-15-11-16(26-13(2)24)6-9-18(15)22(19)23/h6-7,9-12H,4-5,8H2,1-3H3. The smallest absolute Gasteiger partial charge is 0.308 e. The van der Waals surface area contributed by atoms with Gasteiger partial charge in [-0.1, -0.05) is 0 Å². The summed E-state index contributed by atoms with van der Waals surface area (Å²) in [5.41, 5.74) is 5.95. The highest BCUT2D eigenvalue weighted by molar-refractivity contribution is 5.94. The molecule has 0 saturated heterocycles. The van der Waals surface area contributed by atoms with Gasteiger partial charge in [-0.3, -0.25) is 9.59 Å². The van der Waals surface area contributed by atoms with Crippen LogP contribution >= 0.6 is 0 Å². The maximum atomic E-state index is 11.3. The normalized spacial score (nSPS) is 12.4. The Morgan fingerprint density at radius 1 is 0.963 bits per heavy atom. The summed E-state index contributed by atoms with van der Waals surface area (Å²) in [5.74, 6) is 0.525. The molecule has 0 saturated carbocycles. The minimum absolute atomic E-state index is 0.313. The number of carbonyl (C=O) groups is 2. The summed E-state index contributed by atoms with van der Waals surface area (Å²) < 4.78 is 12.8. The van der Waals surface area contributed by atoms with E-state index in [1.807, 2.05) is 36.4 Å². The molecule has 0 N–H and O–H groups in total. The minimum atomic E-state index is -0.318. The van der Waals surface area contributed by atoms with E-state index in [0.717, 1.165) is 30.3 Å². The maximum absolute atomic E-state index is 11.3. The van der Waals surface area contributed by atoms with Crippen LogP contribution in [0.5, 0.6) is 11.5 Å². The molecule has 5 nitrogen and oxygen atoms in total. The summed E-state index contributed by atoms with van der Waals surface area (Å²) in [6.45, 7) is 5.78. The van der Waals surface area contributed by atoms with Crippen molar-refractivity contribution in [2.45, 2.75) is 40.2 Å². The first-order chi connectivity index (χ1) is 13.0. The number of aryl methyl sites for hydroxylation is 3. The van der Waals surface area contributed by atoms with Gasteiger partial charge in [0.05, 0.1) is 5.69 Å². The van der Waals surface area contributed by atoms with Gasteiger partial charge in [0, 0.05) is 36.9 Å². The summed E-state index contributed by atoms with van der Waals surface area (Å²) in [6, 6.07) is 11.6. The molecule has 1 aliphatic rings. The lowest BCUT2D eigenvalue weighted by Crippen LogP contribution is -2.08. The summed E-state index contributed by atoms with van der Waals surface area (Å²) >= 11 is 0. The van der Waals surface area contributed by atoms with E-state index >= 15 is 0 Å². The highest BCUT2D eigenvalue weighted by atomic mass is 16.5. The van der Waals surface area contributed by atoms with Crippen LogP contribution in [0, 0.1) is 0 Å². The predicted molar refractivity (Wildman–Crippen MR) is 103 cm³/mol. The molecule has 0 amide bonds. The van der Waals surface area contributed by atoms with Crippen LogP contribution in [0.15, 0.2) is 36.4 Å². The number of hydrogen-bond donors (Lipinski definition) is 0. The number of benzene rings is 2. The third-order valence-corrected chi connectivity index (χ3v) is 4.96. The fourth-order valence-electron chi connectivity index (χ4n) is 4.02. The third-order valence-electron chi connectivity index (χ3n) is 4.96. The zero-order valence-corrected chi connectivity index (χ0v) is 15.7. The van der Waals surface area contributed by atoms with Gasteiger partial charge in [-0.05, 0) is 67.3 Å². The number of ether oxygens (including phenoxy) is 2. The van der Waals surface area contributed by atoms with Crippen LogP contribution in [0.1, 0.15) is 31.9 Å². The molecule has 1 heterocycles. The molecule has 0 radical (unpaired) electrons. The predicted octanol–water partition coefficient (Wildman–Crippen LogP) is 4.28. The summed E-state index contributed by atoms with van der Waals surface area (Å²) in [4.78, 5) is 22.6. The average Bonchev–Trinajstić information content (AvgIpc) is 2.93. The Morgan fingerprint density at radius 2 is 1.63 bits per heavy atom. The molecule has 0 aliphatic heterocycles. The van der Waals surface area contributed by atoms with E-state index in [1.165, 1.54) is 36.2 Å². The first-order valence-corrected chi connectivity index (χ1v) is 9.13. The number of rotatable bonds is 3. The molecule has 0 bridgehead atoms. The number of aromatic nitrogens is 1. The molecule has 1 aliphatic carbocycles. The molecule has 0 fully saturated rings. The first-order valence-electron chi connectivity index (χ1n) is 9.13. The van der Waals surface area contributed by atoms with Gasteiger partial charge < -0.3 is 14.0 Å². The van der Waals surface area contributed by atoms with E-state index in [1.54, 1.807) is 0 Å². The quantitative estimate of drug-likeness (QED) is 0.515. The Bertz CT molecular complexity index is 1080. The second-order valence-electron chi connectivity index (χ2n) is 6.76. The highest BCUT2D eigenvalue weighted by Gasteiger charge is 2.24. The van der Waals surface area contributed by atoms with E-state index in [2.05, 4.69) is 11.5 Å². The van der Waals surface area contributed by atoms with Crippen molar-refractivity contribution in [2.75, 3.05) is 0 Å². The second kappa shape index (κ2) is 6.58. The number of hydrogen-bond acceptors (Lipinski definition) is 4. The van der Waals surface area contributed by atoms with Gasteiger partial charge in [-0.25, -0.2) is 0 Å². The molecular formula is C22H21NO4. The van der Waals surface area contributed by atoms with E-state index in [4.69, 9.17) is 9.47 Å². The van der Waals surface area contributed by atoms with Crippen LogP contribution in [0.25, 0.3) is 22.2 Å². The SMILES string of the molecule is CCn1c2c(c3cc(OC(C)=O)ccc31)CCc1cc(OC(C)=O)ccc1-2. The largest absolute Gasteiger partial charge is 0.427 e. The van der Waals surface area contributed by atoms with Crippen molar-refractivity contribution in [2.24, 2.45) is 0 Å². The Balaban J connectivity index is 1.89. The van der Waals surface area contributed by atoms with Gasteiger partial charge in [0.15, 0.2) is 0 Å². The number of nitrogens with zero attached hydrogens (tertiary/aromatic N) is 1. The van der Waals surface area contributed by atoms with Crippen LogP contribution in [0.4, 0.5) is 0 Å². The topological polar surface area (TPSA) is 57.5 Å². The molecule has 5 heteroatoms. The van der Waals surface area contributed by atoms with Gasteiger partial charge in [-0.2, -0.15) is 0 Å². The monoisotopic (exact) mass is 363 g/mol. The van der Waals surface area contributed by atoms with Crippen molar-refractivity contribution in [1.29, 1.82) is 0 Å². The van der Waals surface area contributed by atoms with Crippen molar-refractivity contribution in [3.8, 4) is 22.8 Å². The van der Waals surface area contributed by atoms with Crippen molar-refractivity contribution in [1.82, 2.24) is 4.57 Å². The fourth-order valence-corrected chi connectivity index (χ4v) is 4.02. The minimum Gasteiger partial charge on any atom is -0.427 e.